The summed E-state index contributed by atoms with van der Waals surface area (Å²) < 4.78 is 0. The summed E-state index contributed by atoms with van der Waals surface area (Å²) in [6, 6.07) is 9.11. The molecule has 0 atom stereocenters. The minimum absolute atomic E-state index is 0.582. The summed E-state index contributed by atoms with van der Waals surface area (Å²) in [7, 11) is 1.81. The third-order valence-electron chi connectivity index (χ3n) is 3.59. The molecule has 0 aliphatic rings. The zero-order valence-electron chi connectivity index (χ0n) is 14.1. The Bertz CT molecular complexity index is 440. The zero-order chi connectivity index (χ0) is 15.7. The van der Waals surface area contributed by atoms with Crippen LogP contribution in [0.3, 0.4) is 0 Å². The van der Waals surface area contributed by atoms with E-state index in [4.69, 9.17) is 0 Å². The molecular formula is C17H30N4. The summed E-state index contributed by atoms with van der Waals surface area (Å²) in [5.74, 6) is 0.858. The summed E-state index contributed by atoms with van der Waals surface area (Å²) in [6.07, 6.45) is 0. The molecule has 0 spiro atoms. The fourth-order valence-electron chi connectivity index (χ4n) is 2.33. The van der Waals surface area contributed by atoms with Gasteiger partial charge < -0.3 is 10.6 Å². The van der Waals surface area contributed by atoms with Gasteiger partial charge >= 0.3 is 0 Å². The van der Waals surface area contributed by atoms with Gasteiger partial charge in [-0.15, -0.1) is 0 Å². The highest BCUT2D eigenvalue weighted by Crippen LogP contribution is 2.03. The van der Waals surface area contributed by atoms with Crippen molar-refractivity contribution in [1.29, 1.82) is 0 Å². The van der Waals surface area contributed by atoms with Gasteiger partial charge in [-0.1, -0.05) is 36.8 Å². The Morgan fingerprint density at radius 1 is 1.29 bits per heavy atom. The van der Waals surface area contributed by atoms with Crippen molar-refractivity contribution in [1.82, 2.24) is 15.5 Å². The molecule has 0 amide bonds. The molecule has 1 aromatic carbocycles. The van der Waals surface area contributed by atoms with E-state index in [1.54, 1.807) is 0 Å². The summed E-state index contributed by atoms with van der Waals surface area (Å²) >= 11 is 0. The first kappa shape index (κ1) is 17.5. The fourth-order valence-corrected chi connectivity index (χ4v) is 2.33. The van der Waals surface area contributed by atoms with Gasteiger partial charge in [0.25, 0.3) is 0 Å². The van der Waals surface area contributed by atoms with Crippen molar-refractivity contribution in [3.05, 3.63) is 35.4 Å². The van der Waals surface area contributed by atoms with Crippen LogP contribution < -0.4 is 10.6 Å². The highest BCUT2D eigenvalue weighted by Gasteiger charge is 2.06. The SMILES string of the molecule is CCN(CCNC(=NC)NCc1cccc(C)c1)C(C)C. The molecule has 0 aliphatic heterocycles. The van der Waals surface area contributed by atoms with Crippen LogP contribution in [0.5, 0.6) is 0 Å². The molecule has 4 heteroatoms. The lowest BCUT2D eigenvalue weighted by molar-refractivity contribution is 0.237. The van der Waals surface area contributed by atoms with Crippen LogP contribution in [0.4, 0.5) is 0 Å². The second-order valence-electron chi connectivity index (χ2n) is 5.56. The fraction of sp³-hybridized carbons (Fsp3) is 0.588. The molecule has 0 radical (unpaired) electrons. The van der Waals surface area contributed by atoms with Crippen LogP contribution in [0, 0.1) is 6.92 Å². The highest BCUT2D eigenvalue weighted by molar-refractivity contribution is 5.79. The van der Waals surface area contributed by atoms with Crippen LogP contribution in [-0.4, -0.2) is 43.6 Å². The Labute approximate surface area is 129 Å². The molecule has 4 nitrogen and oxygen atoms in total. The Kier molecular flexibility index (Phi) is 7.83. The van der Waals surface area contributed by atoms with E-state index in [1.165, 1.54) is 11.1 Å². The average molecular weight is 290 g/mol. The lowest BCUT2D eigenvalue weighted by atomic mass is 10.1. The molecule has 1 aromatic rings. The van der Waals surface area contributed by atoms with Crippen molar-refractivity contribution in [3.63, 3.8) is 0 Å². The standard InChI is InChI=1S/C17H30N4/c1-6-21(14(2)3)11-10-19-17(18-5)20-13-16-9-7-8-15(4)12-16/h7-9,12,14H,6,10-11,13H2,1-5H3,(H2,18,19,20). The van der Waals surface area contributed by atoms with Gasteiger partial charge in [-0.05, 0) is 32.9 Å². The van der Waals surface area contributed by atoms with Gasteiger partial charge in [0.2, 0.25) is 0 Å². The van der Waals surface area contributed by atoms with E-state index in [0.29, 0.717) is 6.04 Å². The van der Waals surface area contributed by atoms with Crippen molar-refractivity contribution < 1.29 is 0 Å². The average Bonchev–Trinajstić information content (AvgIpc) is 2.46. The number of rotatable bonds is 7. The molecule has 118 valence electrons. The van der Waals surface area contributed by atoms with E-state index in [-0.39, 0.29) is 0 Å². The number of aryl methyl sites for hydroxylation is 1. The van der Waals surface area contributed by atoms with Gasteiger partial charge in [-0.25, -0.2) is 0 Å². The molecule has 0 fully saturated rings. The van der Waals surface area contributed by atoms with Gasteiger partial charge in [0, 0.05) is 32.7 Å². The van der Waals surface area contributed by atoms with Gasteiger partial charge in [-0.3, -0.25) is 9.89 Å². The predicted molar refractivity (Wildman–Crippen MR) is 91.8 cm³/mol. The Morgan fingerprint density at radius 2 is 2.05 bits per heavy atom. The van der Waals surface area contributed by atoms with Crippen molar-refractivity contribution in [3.8, 4) is 0 Å². The number of guanidine groups is 1. The monoisotopic (exact) mass is 290 g/mol. The molecule has 0 unspecified atom stereocenters. The predicted octanol–water partition coefficient (Wildman–Crippen LogP) is 2.39. The first-order valence-electron chi connectivity index (χ1n) is 7.81. The summed E-state index contributed by atoms with van der Waals surface area (Å²) in [5, 5.41) is 6.73. The molecule has 21 heavy (non-hydrogen) atoms. The normalized spacial score (nSPS) is 12.0. The zero-order valence-corrected chi connectivity index (χ0v) is 14.1. The van der Waals surface area contributed by atoms with Crippen molar-refractivity contribution in [2.75, 3.05) is 26.7 Å². The Hall–Kier alpha value is -1.55. The smallest absolute Gasteiger partial charge is 0.191 e. The van der Waals surface area contributed by atoms with Crippen LogP contribution >= 0.6 is 0 Å². The molecule has 0 bridgehead atoms. The second kappa shape index (κ2) is 9.40. The van der Waals surface area contributed by atoms with E-state index >= 15 is 0 Å². The minimum atomic E-state index is 0.582. The maximum absolute atomic E-state index is 4.27. The summed E-state index contributed by atoms with van der Waals surface area (Å²) in [4.78, 5) is 6.70. The maximum atomic E-state index is 4.27. The summed E-state index contributed by atoms with van der Waals surface area (Å²) in [5.41, 5.74) is 2.56. The number of hydrogen-bond donors (Lipinski definition) is 2. The van der Waals surface area contributed by atoms with Gasteiger partial charge in [0.15, 0.2) is 5.96 Å². The minimum Gasteiger partial charge on any atom is -0.355 e. The van der Waals surface area contributed by atoms with E-state index in [0.717, 1.165) is 32.1 Å². The molecule has 2 N–H and O–H groups in total. The van der Waals surface area contributed by atoms with E-state index < -0.39 is 0 Å². The second-order valence-corrected chi connectivity index (χ2v) is 5.56. The summed E-state index contributed by atoms with van der Waals surface area (Å²) in [6.45, 7) is 12.6. The largest absolute Gasteiger partial charge is 0.355 e. The van der Waals surface area contributed by atoms with Gasteiger partial charge in [0.05, 0.1) is 0 Å². The number of nitrogens with zero attached hydrogens (tertiary/aromatic N) is 2. The first-order valence-corrected chi connectivity index (χ1v) is 7.81. The molecule has 1 rings (SSSR count). The van der Waals surface area contributed by atoms with Crippen molar-refractivity contribution in [2.45, 2.75) is 40.3 Å². The Balaban J connectivity index is 2.36. The number of aliphatic imine (C=N–C) groups is 1. The molecule has 0 aromatic heterocycles. The highest BCUT2D eigenvalue weighted by atomic mass is 15.2. The molecule has 0 saturated heterocycles. The van der Waals surface area contributed by atoms with E-state index in [9.17, 15) is 0 Å². The van der Waals surface area contributed by atoms with Crippen LogP contribution in [0.15, 0.2) is 29.3 Å². The number of nitrogens with one attached hydrogen (secondary N) is 2. The Morgan fingerprint density at radius 3 is 2.62 bits per heavy atom. The van der Waals surface area contributed by atoms with Crippen LogP contribution in [0.25, 0.3) is 0 Å². The maximum Gasteiger partial charge on any atom is 0.191 e. The van der Waals surface area contributed by atoms with Crippen LogP contribution in [-0.2, 0) is 6.54 Å². The topological polar surface area (TPSA) is 39.7 Å². The third kappa shape index (κ3) is 6.63. The molecule has 0 saturated carbocycles. The molecule has 0 heterocycles. The first-order chi connectivity index (χ1) is 10.1. The lowest BCUT2D eigenvalue weighted by Crippen LogP contribution is -2.42. The number of likely N-dealkylation sites (N-methyl/N-ethyl adjacent to an activating group) is 1. The van der Waals surface area contributed by atoms with Crippen LogP contribution in [0.1, 0.15) is 31.9 Å². The quantitative estimate of drug-likeness (QED) is 0.598. The number of hydrogen-bond acceptors (Lipinski definition) is 2. The van der Waals surface area contributed by atoms with Crippen molar-refractivity contribution in [2.24, 2.45) is 4.99 Å². The number of benzene rings is 1. The van der Waals surface area contributed by atoms with E-state index in [1.807, 2.05) is 7.05 Å². The van der Waals surface area contributed by atoms with Crippen molar-refractivity contribution >= 4 is 5.96 Å². The molecular weight excluding hydrogens is 260 g/mol. The molecule has 0 aliphatic carbocycles. The lowest BCUT2D eigenvalue weighted by Gasteiger charge is -2.25. The van der Waals surface area contributed by atoms with E-state index in [2.05, 4.69) is 72.5 Å². The van der Waals surface area contributed by atoms with Gasteiger partial charge in [-0.2, -0.15) is 0 Å². The van der Waals surface area contributed by atoms with Crippen LogP contribution in [0.2, 0.25) is 0 Å². The van der Waals surface area contributed by atoms with Gasteiger partial charge in [0.1, 0.15) is 0 Å². The third-order valence-corrected chi connectivity index (χ3v) is 3.59.